The van der Waals surface area contributed by atoms with Crippen molar-refractivity contribution < 1.29 is 13.9 Å². The summed E-state index contributed by atoms with van der Waals surface area (Å²) in [7, 11) is 1.60. The largest absolute Gasteiger partial charge is 0.497 e. The van der Waals surface area contributed by atoms with Gasteiger partial charge in [0.2, 0.25) is 5.91 Å². The van der Waals surface area contributed by atoms with Crippen molar-refractivity contribution in [3.63, 3.8) is 0 Å². The SMILES string of the molecule is COc1ccc(NC(=O)C2(c3ccccc3F)CCCC2)cc1. The molecule has 3 nitrogen and oxygen atoms in total. The molecule has 0 radical (unpaired) electrons. The summed E-state index contributed by atoms with van der Waals surface area (Å²) >= 11 is 0. The van der Waals surface area contributed by atoms with Gasteiger partial charge in [0.25, 0.3) is 0 Å². The van der Waals surface area contributed by atoms with Gasteiger partial charge in [-0.3, -0.25) is 4.79 Å². The number of carbonyl (C=O) groups excluding carboxylic acids is 1. The van der Waals surface area contributed by atoms with Gasteiger partial charge in [-0.15, -0.1) is 0 Å². The number of amides is 1. The lowest BCUT2D eigenvalue weighted by Gasteiger charge is -2.28. The zero-order valence-corrected chi connectivity index (χ0v) is 13.1. The van der Waals surface area contributed by atoms with Gasteiger partial charge >= 0.3 is 0 Å². The standard InChI is InChI=1S/C19H20FNO2/c1-23-15-10-8-14(9-11-15)21-18(22)19(12-4-5-13-19)16-6-2-3-7-17(16)20/h2-3,6-11H,4-5,12-13H2,1H3,(H,21,22). The Hall–Kier alpha value is -2.36. The molecular formula is C19H20FNO2. The minimum atomic E-state index is -0.773. The number of rotatable bonds is 4. The first kappa shape index (κ1) is 15.5. The Balaban J connectivity index is 1.89. The van der Waals surface area contributed by atoms with Gasteiger partial charge in [0.05, 0.1) is 12.5 Å². The Labute approximate surface area is 135 Å². The van der Waals surface area contributed by atoms with Crippen molar-refractivity contribution in [2.24, 2.45) is 0 Å². The number of anilines is 1. The van der Waals surface area contributed by atoms with Crippen molar-refractivity contribution in [3.05, 3.63) is 59.9 Å². The highest BCUT2D eigenvalue weighted by molar-refractivity contribution is 5.99. The molecule has 1 aliphatic rings. The van der Waals surface area contributed by atoms with Crippen LogP contribution in [0, 0.1) is 5.82 Å². The third-order valence-electron chi connectivity index (χ3n) is 4.63. The van der Waals surface area contributed by atoms with E-state index in [0.717, 1.165) is 18.6 Å². The van der Waals surface area contributed by atoms with Crippen LogP contribution in [0.3, 0.4) is 0 Å². The van der Waals surface area contributed by atoms with Crippen molar-refractivity contribution in [3.8, 4) is 5.75 Å². The zero-order valence-electron chi connectivity index (χ0n) is 13.1. The summed E-state index contributed by atoms with van der Waals surface area (Å²) in [5, 5.41) is 2.94. The lowest BCUT2D eigenvalue weighted by molar-refractivity contribution is -0.121. The summed E-state index contributed by atoms with van der Waals surface area (Å²) in [5.41, 5.74) is 0.424. The topological polar surface area (TPSA) is 38.3 Å². The van der Waals surface area contributed by atoms with Gasteiger partial charge in [0.15, 0.2) is 0 Å². The van der Waals surface area contributed by atoms with E-state index in [2.05, 4.69) is 5.32 Å². The fourth-order valence-electron chi connectivity index (χ4n) is 3.37. The van der Waals surface area contributed by atoms with Crippen molar-refractivity contribution in [2.45, 2.75) is 31.1 Å². The molecule has 23 heavy (non-hydrogen) atoms. The summed E-state index contributed by atoms with van der Waals surface area (Å²) in [6, 6.07) is 13.8. The van der Waals surface area contributed by atoms with Crippen LogP contribution < -0.4 is 10.1 Å². The summed E-state index contributed by atoms with van der Waals surface area (Å²) < 4.78 is 19.4. The highest BCUT2D eigenvalue weighted by atomic mass is 19.1. The lowest BCUT2D eigenvalue weighted by atomic mass is 9.77. The van der Waals surface area contributed by atoms with Crippen LogP contribution in [-0.2, 0) is 10.2 Å². The summed E-state index contributed by atoms with van der Waals surface area (Å²) in [6.45, 7) is 0. The average Bonchev–Trinajstić information content (AvgIpc) is 3.07. The average molecular weight is 313 g/mol. The fourth-order valence-corrected chi connectivity index (χ4v) is 3.37. The Morgan fingerprint density at radius 3 is 2.35 bits per heavy atom. The van der Waals surface area contributed by atoms with Crippen molar-refractivity contribution in [2.75, 3.05) is 12.4 Å². The van der Waals surface area contributed by atoms with Gasteiger partial charge in [-0.25, -0.2) is 4.39 Å². The monoisotopic (exact) mass is 313 g/mol. The molecule has 0 heterocycles. The molecule has 120 valence electrons. The number of benzene rings is 2. The second kappa shape index (κ2) is 6.41. The molecule has 0 saturated heterocycles. The number of hydrogen-bond donors (Lipinski definition) is 1. The van der Waals surface area contributed by atoms with Crippen LogP contribution in [0.25, 0.3) is 0 Å². The van der Waals surface area contributed by atoms with E-state index in [1.54, 1.807) is 49.6 Å². The normalized spacial score (nSPS) is 16.1. The van der Waals surface area contributed by atoms with E-state index in [0.29, 0.717) is 24.1 Å². The maximum absolute atomic E-state index is 14.3. The smallest absolute Gasteiger partial charge is 0.235 e. The third kappa shape index (κ3) is 2.93. The predicted molar refractivity (Wildman–Crippen MR) is 88.2 cm³/mol. The van der Waals surface area contributed by atoms with Gasteiger partial charge in [0.1, 0.15) is 11.6 Å². The molecule has 1 N–H and O–H groups in total. The molecule has 0 atom stereocenters. The molecule has 0 aromatic heterocycles. The molecule has 0 unspecified atom stereocenters. The highest BCUT2D eigenvalue weighted by Gasteiger charge is 2.44. The van der Waals surface area contributed by atoms with Gasteiger partial charge in [-0.1, -0.05) is 31.0 Å². The van der Waals surface area contributed by atoms with Crippen LogP contribution >= 0.6 is 0 Å². The Morgan fingerprint density at radius 1 is 1.09 bits per heavy atom. The molecule has 0 aliphatic heterocycles. The van der Waals surface area contributed by atoms with Gasteiger partial charge in [-0.2, -0.15) is 0 Å². The maximum Gasteiger partial charge on any atom is 0.235 e. The third-order valence-corrected chi connectivity index (χ3v) is 4.63. The number of nitrogens with one attached hydrogen (secondary N) is 1. The zero-order chi connectivity index (χ0) is 16.3. The van der Waals surface area contributed by atoms with Crippen LogP contribution in [0.5, 0.6) is 5.75 Å². The van der Waals surface area contributed by atoms with E-state index >= 15 is 0 Å². The van der Waals surface area contributed by atoms with Crippen LogP contribution in [0.15, 0.2) is 48.5 Å². The van der Waals surface area contributed by atoms with Crippen LogP contribution in [0.4, 0.5) is 10.1 Å². The molecule has 0 bridgehead atoms. The van der Waals surface area contributed by atoms with E-state index < -0.39 is 5.41 Å². The molecule has 1 aliphatic carbocycles. The van der Waals surface area contributed by atoms with E-state index in [1.807, 2.05) is 0 Å². The minimum Gasteiger partial charge on any atom is -0.497 e. The van der Waals surface area contributed by atoms with Gasteiger partial charge in [-0.05, 0) is 43.2 Å². The lowest BCUT2D eigenvalue weighted by Crippen LogP contribution is -2.38. The number of hydrogen-bond acceptors (Lipinski definition) is 2. The van der Waals surface area contributed by atoms with E-state index in [1.165, 1.54) is 6.07 Å². The first-order chi connectivity index (χ1) is 11.2. The highest BCUT2D eigenvalue weighted by Crippen LogP contribution is 2.43. The van der Waals surface area contributed by atoms with Gasteiger partial charge < -0.3 is 10.1 Å². The van der Waals surface area contributed by atoms with E-state index in [4.69, 9.17) is 4.74 Å². The Kier molecular flexibility index (Phi) is 4.33. The minimum absolute atomic E-state index is 0.134. The second-order valence-electron chi connectivity index (χ2n) is 5.95. The van der Waals surface area contributed by atoms with Crippen LogP contribution in [0.2, 0.25) is 0 Å². The molecule has 1 fully saturated rings. The first-order valence-electron chi connectivity index (χ1n) is 7.86. The van der Waals surface area contributed by atoms with E-state index in [-0.39, 0.29) is 11.7 Å². The first-order valence-corrected chi connectivity index (χ1v) is 7.86. The van der Waals surface area contributed by atoms with Crippen molar-refractivity contribution in [1.29, 1.82) is 0 Å². The second-order valence-corrected chi connectivity index (χ2v) is 5.95. The van der Waals surface area contributed by atoms with E-state index in [9.17, 15) is 9.18 Å². The molecular weight excluding hydrogens is 293 g/mol. The van der Waals surface area contributed by atoms with Crippen molar-refractivity contribution in [1.82, 2.24) is 0 Å². The molecule has 2 aromatic carbocycles. The Bertz CT molecular complexity index is 691. The summed E-state index contributed by atoms with van der Waals surface area (Å²) in [5.74, 6) is 0.289. The summed E-state index contributed by atoms with van der Waals surface area (Å²) in [4.78, 5) is 12.9. The van der Waals surface area contributed by atoms with Crippen molar-refractivity contribution >= 4 is 11.6 Å². The predicted octanol–water partition coefficient (Wildman–Crippen LogP) is 4.28. The molecule has 1 saturated carbocycles. The molecule has 4 heteroatoms. The Morgan fingerprint density at radius 2 is 1.74 bits per heavy atom. The molecule has 1 amide bonds. The molecule has 0 spiro atoms. The fraction of sp³-hybridized carbons (Fsp3) is 0.316. The summed E-state index contributed by atoms with van der Waals surface area (Å²) in [6.07, 6.45) is 3.22. The number of halogens is 1. The van der Waals surface area contributed by atoms with Crippen LogP contribution in [0.1, 0.15) is 31.2 Å². The molecule has 3 rings (SSSR count). The quantitative estimate of drug-likeness (QED) is 0.914. The van der Waals surface area contributed by atoms with Gasteiger partial charge in [0, 0.05) is 11.3 Å². The number of carbonyl (C=O) groups is 1. The number of methoxy groups -OCH3 is 1. The molecule has 2 aromatic rings. The van der Waals surface area contributed by atoms with Crippen LogP contribution in [-0.4, -0.2) is 13.0 Å². The maximum atomic E-state index is 14.3. The number of ether oxygens (including phenoxy) is 1.